The molecular formula is C19H33N3O6S2. The molecule has 1 aromatic rings. The number of likely N-dealkylation sites (tertiary alicyclic amines) is 1. The molecule has 0 bridgehead atoms. The first kappa shape index (κ1) is 24.8. The average molecular weight is 464 g/mol. The van der Waals surface area contributed by atoms with E-state index in [1.807, 2.05) is 20.8 Å². The third-order valence-electron chi connectivity index (χ3n) is 4.71. The van der Waals surface area contributed by atoms with Crippen LogP contribution >= 0.6 is 11.7 Å². The Morgan fingerprint density at radius 2 is 2.07 bits per heavy atom. The van der Waals surface area contributed by atoms with Crippen LogP contribution in [0.4, 0.5) is 4.79 Å². The van der Waals surface area contributed by atoms with Crippen LogP contribution in [0.1, 0.15) is 65.0 Å². The first-order valence-corrected chi connectivity index (χ1v) is 12.8. The van der Waals surface area contributed by atoms with Crippen molar-refractivity contribution in [2.45, 2.75) is 64.9 Å². The Labute approximate surface area is 183 Å². The van der Waals surface area contributed by atoms with E-state index in [0.717, 1.165) is 43.7 Å². The quantitative estimate of drug-likeness (QED) is 0.405. The summed E-state index contributed by atoms with van der Waals surface area (Å²) in [6, 6.07) is 0. The van der Waals surface area contributed by atoms with Crippen molar-refractivity contribution in [2.75, 3.05) is 32.6 Å². The lowest BCUT2D eigenvalue weighted by atomic mass is 9.84. The summed E-state index contributed by atoms with van der Waals surface area (Å²) in [5.41, 5.74) is 0.0119. The number of hydrogen-bond acceptors (Lipinski definition) is 9. The van der Waals surface area contributed by atoms with Crippen LogP contribution in [-0.2, 0) is 19.0 Å². The van der Waals surface area contributed by atoms with Gasteiger partial charge in [0.2, 0.25) is 5.88 Å². The second kappa shape index (κ2) is 10.7. The molecule has 0 aliphatic carbocycles. The minimum atomic E-state index is -3.63. The largest absolute Gasteiger partial charge is 0.476 e. The Morgan fingerprint density at radius 3 is 2.70 bits per heavy atom. The van der Waals surface area contributed by atoms with Crippen LogP contribution in [0.25, 0.3) is 0 Å². The molecule has 1 amide bonds. The molecule has 1 aliphatic heterocycles. The molecule has 2 atom stereocenters. The average Bonchev–Trinajstić information content (AvgIpc) is 3.08. The Bertz CT molecular complexity index is 790. The minimum absolute atomic E-state index is 0.0505. The van der Waals surface area contributed by atoms with E-state index < -0.39 is 15.7 Å². The molecule has 1 fully saturated rings. The highest BCUT2D eigenvalue weighted by Crippen LogP contribution is 2.36. The maximum atomic E-state index is 12.6. The number of amides is 1. The van der Waals surface area contributed by atoms with E-state index in [1.54, 1.807) is 4.90 Å². The van der Waals surface area contributed by atoms with E-state index in [-0.39, 0.29) is 24.5 Å². The summed E-state index contributed by atoms with van der Waals surface area (Å²) >= 11 is 1.03. The summed E-state index contributed by atoms with van der Waals surface area (Å²) in [5.74, 6) is 0.00993. The van der Waals surface area contributed by atoms with Gasteiger partial charge in [-0.1, -0.05) is 13.3 Å². The SMILES string of the molecule is CCCCOc1nsnc1C(COS(C)(=O)=O)[C@H]1CCCN(C(=O)OC(C)(C)C)C1. The summed E-state index contributed by atoms with van der Waals surface area (Å²) in [4.78, 5) is 14.2. The van der Waals surface area contributed by atoms with Crippen LogP contribution in [0.2, 0.25) is 0 Å². The summed E-state index contributed by atoms with van der Waals surface area (Å²) in [5, 5.41) is 0. The van der Waals surface area contributed by atoms with Crippen molar-refractivity contribution >= 4 is 27.9 Å². The van der Waals surface area contributed by atoms with Crippen molar-refractivity contribution in [2.24, 2.45) is 5.92 Å². The molecule has 2 heterocycles. The van der Waals surface area contributed by atoms with Crippen LogP contribution in [-0.4, -0.2) is 66.3 Å². The van der Waals surface area contributed by atoms with Crippen molar-refractivity contribution in [3.8, 4) is 5.88 Å². The summed E-state index contributed by atoms with van der Waals surface area (Å²) in [6.45, 7) is 9.03. The zero-order chi connectivity index (χ0) is 22.4. The lowest BCUT2D eigenvalue weighted by Gasteiger charge is -2.37. The van der Waals surface area contributed by atoms with Crippen molar-refractivity contribution < 1.29 is 26.9 Å². The van der Waals surface area contributed by atoms with Crippen molar-refractivity contribution in [1.82, 2.24) is 13.6 Å². The second-order valence-corrected chi connectivity index (χ2v) is 10.8. The first-order valence-electron chi connectivity index (χ1n) is 10.3. The molecule has 2 rings (SSSR count). The van der Waals surface area contributed by atoms with Gasteiger partial charge in [0.15, 0.2) is 0 Å². The number of rotatable bonds is 9. The molecule has 0 aromatic carbocycles. The number of aromatic nitrogens is 2. The Kier molecular flexibility index (Phi) is 8.86. The molecule has 1 saturated heterocycles. The molecule has 0 N–H and O–H groups in total. The van der Waals surface area contributed by atoms with Gasteiger partial charge in [-0.25, -0.2) is 4.79 Å². The van der Waals surface area contributed by atoms with Gasteiger partial charge in [-0.05, 0) is 46.0 Å². The maximum absolute atomic E-state index is 12.6. The van der Waals surface area contributed by atoms with Crippen LogP contribution in [0.5, 0.6) is 5.88 Å². The third-order valence-corrected chi connectivity index (χ3v) is 5.80. The van der Waals surface area contributed by atoms with E-state index in [0.29, 0.717) is 31.3 Å². The Morgan fingerprint density at radius 1 is 1.33 bits per heavy atom. The van der Waals surface area contributed by atoms with Gasteiger partial charge in [-0.15, -0.1) is 4.37 Å². The van der Waals surface area contributed by atoms with Crippen molar-refractivity contribution in [3.05, 3.63) is 5.69 Å². The smallest absolute Gasteiger partial charge is 0.410 e. The Balaban J connectivity index is 2.20. The number of carbonyl (C=O) groups is 1. The molecular weight excluding hydrogens is 430 g/mol. The highest BCUT2D eigenvalue weighted by Gasteiger charge is 2.36. The van der Waals surface area contributed by atoms with Gasteiger partial charge in [-0.3, -0.25) is 4.18 Å². The van der Waals surface area contributed by atoms with Crippen LogP contribution in [0.3, 0.4) is 0 Å². The van der Waals surface area contributed by atoms with Gasteiger partial charge < -0.3 is 14.4 Å². The fraction of sp³-hybridized carbons (Fsp3) is 0.842. The monoisotopic (exact) mass is 463 g/mol. The summed E-state index contributed by atoms with van der Waals surface area (Å²) in [6.07, 6.45) is 4.12. The van der Waals surface area contributed by atoms with E-state index in [1.165, 1.54) is 0 Å². The Hall–Kier alpha value is -1.46. The van der Waals surface area contributed by atoms with E-state index in [4.69, 9.17) is 13.7 Å². The summed E-state index contributed by atoms with van der Waals surface area (Å²) in [7, 11) is -3.63. The number of piperidine rings is 1. The lowest BCUT2D eigenvalue weighted by molar-refractivity contribution is 0.0138. The van der Waals surface area contributed by atoms with E-state index in [9.17, 15) is 13.2 Å². The number of carbonyl (C=O) groups excluding carboxylic acids is 1. The standard InChI is InChI=1S/C19H33N3O6S2/c1-6-7-11-26-17-16(20-29-21-17)15(13-27-30(5,24)25)14-9-8-10-22(12-14)18(23)28-19(2,3)4/h14-15H,6-13H2,1-5H3/t14-,15?/m0/s1. The fourth-order valence-corrected chi connectivity index (χ4v) is 4.25. The molecule has 1 aliphatic rings. The number of ether oxygens (including phenoxy) is 2. The predicted molar refractivity (Wildman–Crippen MR) is 114 cm³/mol. The molecule has 172 valence electrons. The zero-order valence-electron chi connectivity index (χ0n) is 18.4. The normalized spacial score (nSPS) is 18.8. The molecule has 0 saturated carbocycles. The molecule has 1 unspecified atom stereocenters. The van der Waals surface area contributed by atoms with Crippen molar-refractivity contribution in [1.29, 1.82) is 0 Å². The highest BCUT2D eigenvalue weighted by atomic mass is 32.2. The van der Waals surface area contributed by atoms with Crippen LogP contribution in [0.15, 0.2) is 0 Å². The number of hydrogen-bond donors (Lipinski definition) is 0. The lowest BCUT2D eigenvalue weighted by Crippen LogP contribution is -2.44. The van der Waals surface area contributed by atoms with Crippen LogP contribution < -0.4 is 4.74 Å². The van der Waals surface area contributed by atoms with E-state index in [2.05, 4.69) is 15.7 Å². The molecule has 0 spiro atoms. The topological polar surface area (TPSA) is 108 Å². The van der Waals surface area contributed by atoms with Gasteiger partial charge in [0.25, 0.3) is 10.1 Å². The van der Waals surface area contributed by atoms with Gasteiger partial charge in [0.1, 0.15) is 11.3 Å². The van der Waals surface area contributed by atoms with Gasteiger partial charge in [-0.2, -0.15) is 12.8 Å². The molecule has 0 radical (unpaired) electrons. The molecule has 11 heteroatoms. The predicted octanol–water partition coefficient (Wildman–Crippen LogP) is 3.42. The van der Waals surface area contributed by atoms with Gasteiger partial charge >= 0.3 is 6.09 Å². The highest BCUT2D eigenvalue weighted by molar-refractivity contribution is 7.85. The summed E-state index contributed by atoms with van der Waals surface area (Å²) < 4.78 is 48.4. The second-order valence-electron chi connectivity index (χ2n) is 8.58. The molecule has 1 aromatic heterocycles. The van der Waals surface area contributed by atoms with Gasteiger partial charge in [0.05, 0.1) is 31.2 Å². The molecule has 9 nitrogen and oxygen atoms in total. The maximum Gasteiger partial charge on any atom is 0.410 e. The zero-order valence-corrected chi connectivity index (χ0v) is 20.1. The minimum Gasteiger partial charge on any atom is -0.476 e. The third kappa shape index (κ3) is 7.99. The van der Waals surface area contributed by atoms with E-state index >= 15 is 0 Å². The van der Waals surface area contributed by atoms with Crippen molar-refractivity contribution in [3.63, 3.8) is 0 Å². The molecule has 30 heavy (non-hydrogen) atoms. The first-order chi connectivity index (χ1) is 14.0. The van der Waals surface area contributed by atoms with Crippen LogP contribution in [0, 0.1) is 5.92 Å². The number of nitrogens with zero attached hydrogens (tertiary/aromatic N) is 3. The fourth-order valence-electron chi connectivity index (χ4n) is 3.29. The van der Waals surface area contributed by atoms with Gasteiger partial charge in [0, 0.05) is 19.0 Å². The number of unbranched alkanes of at least 4 members (excludes halogenated alkanes) is 1.